The first kappa shape index (κ1) is 15.8. The van der Waals surface area contributed by atoms with Crippen LogP contribution in [0.2, 0.25) is 0 Å². The van der Waals surface area contributed by atoms with Crippen LogP contribution in [0.25, 0.3) is 0 Å². The maximum Gasteiger partial charge on any atom is 0.0335 e. The maximum atomic E-state index is 6.34. The van der Waals surface area contributed by atoms with Crippen molar-refractivity contribution in [2.24, 2.45) is 17.6 Å². The van der Waals surface area contributed by atoms with Crippen molar-refractivity contribution >= 4 is 0 Å². The van der Waals surface area contributed by atoms with Crippen LogP contribution in [0.3, 0.4) is 0 Å². The smallest absolute Gasteiger partial charge is 0.0335 e. The lowest BCUT2D eigenvalue weighted by atomic mass is 9.72. The molecule has 0 aromatic carbocycles. The molecule has 0 bridgehead atoms. The molecule has 1 aliphatic carbocycles. The number of nitrogens with zero attached hydrogens (tertiary/aromatic N) is 2. The summed E-state index contributed by atoms with van der Waals surface area (Å²) in [4.78, 5) is 5.53. The van der Waals surface area contributed by atoms with Crippen LogP contribution < -0.4 is 5.73 Å². The highest BCUT2D eigenvalue weighted by Crippen LogP contribution is 2.40. The fourth-order valence-corrected chi connectivity index (χ4v) is 5.35. The van der Waals surface area contributed by atoms with Crippen molar-refractivity contribution in [2.45, 2.75) is 70.4 Å². The SMILES string of the molecule is CC(C)CC1CCCC(CN)(N2CCN3CCCC3C2)C1. The largest absolute Gasteiger partial charge is 0.329 e. The van der Waals surface area contributed by atoms with Crippen molar-refractivity contribution in [3.8, 4) is 0 Å². The number of piperazine rings is 1. The van der Waals surface area contributed by atoms with Crippen molar-refractivity contribution in [2.75, 3.05) is 32.7 Å². The Bertz CT molecular complexity index is 343. The van der Waals surface area contributed by atoms with Crippen LogP contribution in [0.1, 0.15) is 58.8 Å². The molecule has 122 valence electrons. The predicted molar refractivity (Wildman–Crippen MR) is 89.4 cm³/mol. The minimum atomic E-state index is 0.326. The summed E-state index contributed by atoms with van der Waals surface area (Å²) in [5.74, 6) is 1.74. The average Bonchev–Trinajstić information content (AvgIpc) is 2.94. The zero-order chi connectivity index (χ0) is 14.9. The second-order valence-electron chi connectivity index (χ2n) is 8.30. The van der Waals surface area contributed by atoms with Crippen LogP contribution >= 0.6 is 0 Å². The van der Waals surface area contributed by atoms with Crippen LogP contribution in [0, 0.1) is 11.8 Å². The Morgan fingerprint density at radius 3 is 2.76 bits per heavy atom. The van der Waals surface area contributed by atoms with Crippen LogP contribution in [0.4, 0.5) is 0 Å². The average molecular weight is 293 g/mol. The van der Waals surface area contributed by atoms with E-state index < -0.39 is 0 Å². The van der Waals surface area contributed by atoms with E-state index in [4.69, 9.17) is 5.73 Å². The first-order valence-electron chi connectivity index (χ1n) is 9.32. The molecule has 21 heavy (non-hydrogen) atoms. The molecule has 0 aromatic heterocycles. The molecule has 2 saturated heterocycles. The fraction of sp³-hybridized carbons (Fsp3) is 1.00. The minimum absolute atomic E-state index is 0.326. The summed E-state index contributed by atoms with van der Waals surface area (Å²) in [6.07, 6.45) is 9.73. The molecule has 2 N–H and O–H groups in total. The van der Waals surface area contributed by atoms with E-state index in [0.717, 1.165) is 24.4 Å². The lowest BCUT2D eigenvalue weighted by molar-refractivity contribution is -0.0169. The molecule has 3 rings (SSSR count). The minimum Gasteiger partial charge on any atom is -0.329 e. The lowest BCUT2D eigenvalue weighted by Crippen LogP contribution is -2.63. The third-order valence-electron chi connectivity index (χ3n) is 6.37. The summed E-state index contributed by atoms with van der Waals surface area (Å²) in [6, 6.07) is 0.827. The Labute approximate surface area is 131 Å². The van der Waals surface area contributed by atoms with E-state index in [2.05, 4.69) is 23.6 Å². The summed E-state index contributed by atoms with van der Waals surface area (Å²) in [7, 11) is 0. The highest BCUT2D eigenvalue weighted by Gasteiger charge is 2.43. The van der Waals surface area contributed by atoms with Gasteiger partial charge in [-0.1, -0.05) is 26.7 Å². The third-order valence-corrected chi connectivity index (χ3v) is 6.37. The van der Waals surface area contributed by atoms with Crippen molar-refractivity contribution < 1.29 is 0 Å². The van der Waals surface area contributed by atoms with Crippen LogP contribution in [-0.2, 0) is 0 Å². The van der Waals surface area contributed by atoms with Gasteiger partial charge >= 0.3 is 0 Å². The molecule has 0 spiro atoms. The van der Waals surface area contributed by atoms with Crippen molar-refractivity contribution in [3.63, 3.8) is 0 Å². The second-order valence-corrected chi connectivity index (χ2v) is 8.30. The molecule has 3 heteroatoms. The summed E-state index contributed by atoms with van der Waals surface area (Å²) >= 11 is 0. The zero-order valence-corrected chi connectivity index (χ0v) is 14.2. The Kier molecular flexibility index (Phi) is 4.92. The number of rotatable bonds is 4. The van der Waals surface area contributed by atoms with Gasteiger partial charge in [0.05, 0.1) is 0 Å². The van der Waals surface area contributed by atoms with Crippen molar-refractivity contribution in [1.29, 1.82) is 0 Å². The van der Waals surface area contributed by atoms with E-state index in [9.17, 15) is 0 Å². The second kappa shape index (κ2) is 6.55. The van der Waals surface area contributed by atoms with Gasteiger partial charge in [-0.3, -0.25) is 9.80 Å². The summed E-state index contributed by atoms with van der Waals surface area (Å²) < 4.78 is 0. The zero-order valence-electron chi connectivity index (χ0n) is 14.2. The molecule has 0 amide bonds. The predicted octanol–water partition coefficient (Wildman–Crippen LogP) is 2.70. The first-order valence-corrected chi connectivity index (χ1v) is 9.32. The van der Waals surface area contributed by atoms with Crippen molar-refractivity contribution in [3.05, 3.63) is 0 Å². The van der Waals surface area contributed by atoms with Gasteiger partial charge in [-0.25, -0.2) is 0 Å². The van der Waals surface area contributed by atoms with E-state index in [-0.39, 0.29) is 0 Å². The van der Waals surface area contributed by atoms with E-state index in [1.807, 2.05) is 0 Å². The van der Waals surface area contributed by atoms with Crippen LogP contribution in [0.5, 0.6) is 0 Å². The van der Waals surface area contributed by atoms with Gasteiger partial charge in [0.1, 0.15) is 0 Å². The summed E-state index contributed by atoms with van der Waals surface area (Å²) in [6.45, 7) is 10.8. The fourth-order valence-electron chi connectivity index (χ4n) is 5.35. The number of hydrogen-bond donors (Lipinski definition) is 1. The van der Waals surface area contributed by atoms with Crippen LogP contribution in [0.15, 0.2) is 0 Å². The normalized spacial score (nSPS) is 38.9. The van der Waals surface area contributed by atoms with Gasteiger partial charge < -0.3 is 5.73 Å². The van der Waals surface area contributed by atoms with Crippen molar-refractivity contribution in [1.82, 2.24) is 9.80 Å². The third kappa shape index (κ3) is 3.30. The maximum absolute atomic E-state index is 6.34. The van der Waals surface area contributed by atoms with Gasteiger partial charge in [-0.15, -0.1) is 0 Å². The van der Waals surface area contributed by atoms with E-state index in [0.29, 0.717) is 5.54 Å². The van der Waals surface area contributed by atoms with Gasteiger partial charge in [0.15, 0.2) is 0 Å². The lowest BCUT2D eigenvalue weighted by Gasteiger charge is -2.52. The van der Waals surface area contributed by atoms with Gasteiger partial charge in [-0.05, 0) is 50.5 Å². The molecule has 2 aliphatic heterocycles. The molecule has 0 radical (unpaired) electrons. The van der Waals surface area contributed by atoms with E-state index in [1.165, 1.54) is 71.1 Å². The topological polar surface area (TPSA) is 32.5 Å². The molecule has 2 heterocycles. The number of nitrogens with two attached hydrogens (primary N) is 1. The molecule has 1 saturated carbocycles. The standard InChI is InChI=1S/C18H35N3/c1-15(2)11-16-5-3-7-18(12-16,14-19)21-10-9-20-8-4-6-17(20)13-21/h15-17H,3-14,19H2,1-2H3. The molecule has 3 nitrogen and oxygen atoms in total. The summed E-state index contributed by atoms with van der Waals surface area (Å²) in [5, 5.41) is 0. The Balaban J connectivity index is 1.67. The molecule has 3 aliphatic rings. The van der Waals surface area contributed by atoms with E-state index >= 15 is 0 Å². The molecular weight excluding hydrogens is 258 g/mol. The first-order chi connectivity index (χ1) is 10.1. The highest BCUT2D eigenvalue weighted by atomic mass is 15.3. The quantitative estimate of drug-likeness (QED) is 0.865. The Morgan fingerprint density at radius 2 is 2.00 bits per heavy atom. The van der Waals surface area contributed by atoms with Crippen LogP contribution in [-0.4, -0.2) is 54.1 Å². The molecule has 3 fully saturated rings. The highest BCUT2D eigenvalue weighted by molar-refractivity contribution is 5.00. The molecule has 3 atom stereocenters. The monoisotopic (exact) mass is 293 g/mol. The summed E-state index contributed by atoms with van der Waals surface area (Å²) in [5.41, 5.74) is 6.67. The van der Waals surface area contributed by atoms with E-state index in [1.54, 1.807) is 0 Å². The van der Waals surface area contributed by atoms with Gasteiger partial charge in [0, 0.05) is 37.8 Å². The number of fused-ring (bicyclic) bond motifs is 1. The Hall–Kier alpha value is -0.120. The van der Waals surface area contributed by atoms with Gasteiger partial charge in [0.25, 0.3) is 0 Å². The molecule has 3 unspecified atom stereocenters. The van der Waals surface area contributed by atoms with Gasteiger partial charge in [-0.2, -0.15) is 0 Å². The number of hydrogen-bond acceptors (Lipinski definition) is 3. The Morgan fingerprint density at radius 1 is 1.14 bits per heavy atom. The van der Waals surface area contributed by atoms with Gasteiger partial charge in [0.2, 0.25) is 0 Å². The molecule has 0 aromatic rings. The molecular formula is C18H35N3.